The van der Waals surface area contributed by atoms with Gasteiger partial charge in [0.05, 0.1) is 18.0 Å². The van der Waals surface area contributed by atoms with E-state index in [0.717, 1.165) is 24.0 Å². The van der Waals surface area contributed by atoms with Crippen molar-refractivity contribution in [2.75, 3.05) is 20.2 Å². The summed E-state index contributed by atoms with van der Waals surface area (Å²) >= 11 is 0. The van der Waals surface area contributed by atoms with Crippen LogP contribution in [-0.4, -0.2) is 38.8 Å². The molecule has 6 nitrogen and oxygen atoms in total. The number of carbonyl (C=O) groups is 1. The maximum absolute atomic E-state index is 12.6. The van der Waals surface area contributed by atoms with E-state index in [4.69, 9.17) is 4.74 Å². The van der Waals surface area contributed by atoms with Crippen molar-refractivity contribution < 1.29 is 17.9 Å². The number of carbonyl (C=O) groups excluding carboxylic acids is 1. The van der Waals surface area contributed by atoms with Crippen molar-refractivity contribution in [3.63, 3.8) is 0 Å². The van der Waals surface area contributed by atoms with Crippen molar-refractivity contribution >= 4 is 15.9 Å². The summed E-state index contributed by atoms with van der Waals surface area (Å²) in [4.78, 5) is 12.8. The molecule has 1 saturated heterocycles. The smallest absolute Gasteiger partial charge is 0.251 e. The van der Waals surface area contributed by atoms with Crippen LogP contribution in [-0.2, 0) is 10.0 Å². The largest absolute Gasteiger partial charge is 0.496 e. The molecule has 7 heteroatoms. The van der Waals surface area contributed by atoms with Crippen LogP contribution in [0.15, 0.2) is 47.4 Å². The highest BCUT2D eigenvalue weighted by atomic mass is 32.2. The summed E-state index contributed by atoms with van der Waals surface area (Å²) in [7, 11) is -1.88. The fraction of sp³-hybridized carbons (Fsp3) is 0.381. The van der Waals surface area contributed by atoms with Gasteiger partial charge in [0.2, 0.25) is 10.0 Å². The molecule has 0 saturated carbocycles. The number of benzene rings is 2. The number of rotatable bonds is 6. The number of nitrogens with one attached hydrogen (secondary N) is 1. The van der Waals surface area contributed by atoms with Crippen LogP contribution in [0.25, 0.3) is 0 Å². The monoisotopic (exact) mass is 402 g/mol. The highest BCUT2D eigenvalue weighted by Crippen LogP contribution is 2.26. The number of methoxy groups -OCH3 is 1. The van der Waals surface area contributed by atoms with Crippen LogP contribution in [0.4, 0.5) is 0 Å². The third-order valence-corrected chi connectivity index (χ3v) is 6.93. The van der Waals surface area contributed by atoms with Crippen molar-refractivity contribution in [3.8, 4) is 5.75 Å². The molecular formula is C21H26N2O4S. The summed E-state index contributed by atoms with van der Waals surface area (Å²) in [6.07, 6.45) is 1.78. The minimum Gasteiger partial charge on any atom is -0.496 e. The maximum atomic E-state index is 12.6. The van der Waals surface area contributed by atoms with Gasteiger partial charge >= 0.3 is 0 Å². The zero-order chi connectivity index (χ0) is 20.3. The lowest BCUT2D eigenvalue weighted by Gasteiger charge is -2.18. The Morgan fingerprint density at radius 1 is 1.11 bits per heavy atom. The molecule has 1 atom stereocenters. The second kappa shape index (κ2) is 8.32. The summed E-state index contributed by atoms with van der Waals surface area (Å²) in [6, 6.07) is 11.7. The first-order valence-corrected chi connectivity index (χ1v) is 10.8. The van der Waals surface area contributed by atoms with E-state index >= 15 is 0 Å². The van der Waals surface area contributed by atoms with Gasteiger partial charge in [-0.25, -0.2) is 8.42 Å². The fourth-order valence-corrected chi connectivity index (χ4v) is 4.92. The summed E-state index contributed by atoms with van der Waals surface area (Å²) < 4.78 is 32.1. The molecule has 1 N–H and O–H groups in total. The fourth-order valence-electron chi connectivity index (χ4n) is 3.41. The minimum atomic E-state index is -3.48. The molecule has 0 bridgehead atoms. The van der Waals surface area contributed by atoms with Crippen molar-refractivity contribution in [1.29, 1.82) is 0 Å². The predicted molar refractivity (Wildman–Crippen MR) is 108 cm³/mol. The number of aryl methyl sites for hydroxylation is 1. The zero-order valence-electron chi connectivity index (χ0n) is 16.4. The lowest BCUT2D eigenvalue weighted by molar-refractivity contribution is 0.0939. The van der Waals surface area contributed by atoms with E-state index in [2.05, 4.69) is 5.32 Å². The first-order chi connectivity index (χ1) is 13.3. The lowest BCUT2D eigenvalue weighted by Crippen LogP contribution is -2.28. The number of sulfonamides is 1. The molecule has 1 heterocycles. The summed E-state index contributed by atoms with van der Waals surface area (Å²) in [5.74, 6) is 0.451. The highest BCUT2D eigenvalue weighted by Gasteiger charge is 2.27. The molecule has 1 fully saturated rings. The molecule has 28 heavy (non-hydrogen) atoms. The van der Waals surface area contributed by atoms with Crippen molar-refractivity contribution in [2.24, 2.45) is 0 Å². The predicted octanol–water partition coefficient (Wildman–Crippen LogP) is 3.28. The Balaban J connectivity index is 1.74. The van der Waals surface area contributed by atoms with Crippen molar-refractivity contribution in [1.82, 2.24) is 9.62 Å². The average molecular weight is 403 g/mol. The lowest BCUT2D eigenvalue weighted by atomic mass is 10.0. The van der Waals surface area contributed by atoms with E-state index in [1.54, 1.807) is 19.2 Å². The van der Waals surface area contributed by atoms with Gasteiger partial charge in [-0.15, -0.1) is 0 Å². The molecule has 3 rings (SSSR count). The molecule has 150 valence electrons. The molecule has 1 aliphatic rings. The van der Waals surface area contributed by atoms with E-state index < -0.39 is 10.0 Å². The van der Waals surface area contributed by atoms with Crippen LogP contribution in [0, 0.1) is 6.92 Å². The number of nitrogens with zero attached hydrogens (tertiary/aromatic N) is 1. The molecule has 2 aromatic carbocycles. The van der Waals surface area contributed by atoms with Gasteiger partial charge in [-0.2, -0.15) is 4.31 Å². The van der Waals surface area contributed by atoms with E-state index in [1.807, 2.05) is 32.0 Å². The molecule has 1 unspecified atom stereocenters. The minimum absolute atomic E-state index is 0.222. The van der Waals surface area contributed by atoms with Crippen LogP contribution < -0.4 is 10.1 Å². The van der Waals surface area contributed by atoms with Gasteiger partial charge in [-0.05, 0) is 57.0 Å². The zero-order valence-corrected chi connectivity index (χ0v) is 17.3. The van der Waals surface area contributed by atoms with Gasteiger partial charge in [0.25, 0.3) is 5.91 Å². The van der Waals surface area contributed by atoms with Gasteiger partial charge in [0.15, 0.2) is 0 Å². The Hall–Kier alpha value is -2.38. The maximum Gasteiger partial charge on any atom is 0.251 e. The molecule has 1 amide bonds. The van der Waals surface area contributed by atoms with E-state index in [1.165, 1.54) is 16.4 Å². The molecule has 1 aliphatic heterocycles. The number of ether oxygens (including phenoxy) is 1. The Kier molecular flexibility index (Phi) is 6.05. The van der Waals surface area contributed by atoms with Crippen LogP contribution >= 0.6 is 0 Å². The van der Waals surface area contributed by atoms with Crippen LogP contribution in [0.2, 0.25) is 0 Å². The first-order valence-electron chi connectivity index (χ1n) is 9.38. The second-order valence-corrected chi connectivity index (χ2v) is 9.01. The molecule has 0 aromatic heterocycles. The first kappa shape index (κ1) is 20.4. The third kappa shape index (κ3) is 4.20. The Morgan fingerprint density at radius 3 is 2.36 bits per heavy atom. The van der Waals surface area contributed by atoms with E-state index in [9.17, 15) is 13.2 Å². The Bertz CT molecular complexity index is 949. The van der Waals surface area contributed by atoms with E-state index in [0.29, 0.717) is 24.4 Å². The normalized spacial score (nSPS) is 16.0. The second-order valence-electron chi connectivity index (χ2n) is 7.08. The SMILES string of the molecule is COc1ccc(C)cc1C(C)NC(=O)c1ccc(S(=O)(=O)N2CCCC2)cc1. The number of hydrogen-bond acceptors (Lipinski definition) is 4. The average Bonchev–Trinajstić information content (AvgIpc) is 3.23. The summed E-state index contributed by atoms with van der Waals surface area (Å²) in [5.41, 5.74) is 2.39. The summed E-state index contributed by atoms with van der Waals surface area (Å²) in [5, 5.41) is 2.95. The van der Waals surface area contributed by atoms with Gasteiger partial charge in [-0.3, -0.25) is 4.79 Å². The van der Waals surface area contributed by atoms with Gasteiger partial charge in [0.1, 0.15) is 5.75 Å². The van der Waals surface area contributed by atoms with Gasteiger partial charge in [-0.1, -0.05) is 17.7 Å². The topological polar surface area (TPSA) is 75.7 Å². The van der Waals surface area contributed by atoms with Crippen molar-refractivity contribution in [3.05, 3.63) is 59.2 Å². The quantitative estimate of drug-likeness (QED) is 0.805. The Morgan fingerprint density at radius 2 is 1.75 bits per heavy atom. The van der Waals surface area contributed by atoms with Gasteiger partial charge < -0.3 is 10.1 Å². The summed E-state index contributed by atoms with van der Waals surface area (Å²) in [6.45, 7) is 4.99. The van der Waals surface area contributed by atoms with Crippen LogP contribution in [0.3, 0.4) is 0 Å². The third-order valence-electron chi connectivity index (χ3n) is 5.02. The molecule has 0 radical (unpaired) electrons. The van der Waals surface area contributed by atoms with Crippen LogP contribution in [0.5, 0.6) is 5.75 Å². The highest BCUT2D eigenvalue weighted by molar-refractivity contribution is 7.89. The van der Waals surface area contributed by atoms with E-state index in [-0.39, 0.29) is 16.8 Å². The van der Waals surface area contributed by atoms with Gasteiger partial charge in [0, 0.05) is 24.2 Å². The van der Waals surface area contributed by atoms with Crippen molar-refractivity contribution in [2.45, 2.75) is 37.6 Å². The van der Waals surface area contributed by atoms with Crippen LogP contribution in [0.1, 0.15) is 47.3 Å². The number of hydrogen-bond donors (Lipinski definition) is 1. The number of amides is 1. The molecule has 0 aliphatic carbocycles. The Labute approximate surface area is 166 Å². The molecule has 0 spiro atoms. The molecular weight excluding hydrogens is 376 g/mol. The molecule has 2 aromatic rings. The standard InChI is InChI=1S/C21H26N2O4S/c1-15-6-11-20(27-3)19(14-15)16(2)22-21(24)17-7-9-18(10-8-17)28(25,26)23-12-4-5-13-23/h6-11,14,16H,4-5,12-13H2,1-3H3,(H,22,24).